The van der Waals surface area contributed by atoms with E-state index in [1.54, 1.807) is 0 Å². The Labute approximate surface area is 49.2 Å². The Morgan fingerprint density at radius 1 is 1.50 bits per heavy atom. The first-order valence-electron chi connectivity index (χ1n) is 3.32. The Bertz CT molecular complexity index is 84.5. The van der Waals surface area contributed by atoms with Crippen LogP contribution >= 0.6 is 0 Å². The van der Waals surface area contributed by atoms with Crippen LogP contribution in [0.25, 0.3) is 0 Å². The van der Waals surface area contributed by atoms with E-state index in [9.17, 15) is 0 Å². The zero-order valence-electron chi connectivity index (χ0n) is 4.89. The van der Waals surface area contributed by atoms with E-state index >= 15 is 0 Å². The van der Waals surface area contributed by atoms with Crippen molar-refractivity contribution in [2.75, 3.05) is 13.2 Å². The average molecular weight is 113 g/mol. The molecule has 0 radical (unpaired) electrons. The molecular weight excluding hydrogens is 102 g/mol. The fraction of sp³-hybridized carbons (Fsp3) is 1.00. The van der Waals surface area contributed by atoms with Gasteiger partial charge in [0.25, 0.3) is 0 Å². The maximum atomic E-state index is 5.41. The standard InChI is InChI=1S/C6H11NO/c1-2-7-5-4-6(5)8-3-1/h5-7H,1-4H2/t5-,6-/m1/s1. The van der Waals surface area contributed by atoms with Gasteiger partial charge in [-0.25, -0.2) is 0 Å². The van der Waals surface area contributed by atoms with Crippen LogP contribution in [0.3, 0.4) is 0 Å². The minimum Gasteiger partial charge on any atom is -0.376 e. The SMILES string of the molecule is C1CN[C@@H]2C[C@H]2OC1. The lowest BCUT2D eigenvalue weighted by molar-refractivity contribution is 0.123. The van der Waals surface area contributed by atoms with E-state index in [1.165, 1.54) is 12.8 Å². The van der Waals surface area contributed by atoms with Crippen molar-refractivity contribution in [3.8, 4) is 0 Å². The van der Waals surface area contributed by atoms with Gasteiger partial charge >= 0.3 is 0 Å². The number of nitrogens with one attached hydrogen (secondary N) is 1. The molecule has 0 unspecified atom stereocenters. The molecule has 0 aromatic rings. The minimum absolute atomic E-state index is 0.581. The Balaban J connectivity index is 1.89. The van der Waals surface area contributed by atoms with Crippen molar-refractivity contribution in [3.05, 3.63) is 0 Å². The Hall–Kier alpha value is -0.0800. The van der Waals surface area contributed by atoms with E-state index in [0.29, 0.717) is 6.10 Å². The molecule has 2 nitrogen and oxygen atoms in total. The van der Waals surface area contributed by atoms with Crippen molar-refractivity contribution in [1.82, 2.24) is 5.32 Å². The second kappa shape index (κ2) is 1.71. The summed E-state index contributed by atoms with van der Waals surface area (Å²) in [5.41, 5.74) is 0. The van der Waals surface area contributed by atoms with Crippen LogP contribution < -0.4 is 5.32 Å². The second-order valence-electron chi connectivity index (χ2n) is 2.56. The van der Waals surface area contributed by atoms with E-state index in [0.717, 1.165) is 19.2 Å². The summed E-state index contributed by atoms with van der Waals surface area (Å²) in [6.45, 7) is 2.12. The quantitative estimate of drug-likeness (QED) is 0.482. The summed E-state index contributed by atoms with van der Waals surface area (Å²) >= 11 is 0. The molecule has 46 valence electrons. The van der Waals surface area contributed by atoms with Crippen molar-refractivity contribution in [2.45, 2.75) is 25.0 Å². The van der Waals surface area contributed by atoms with E-state index in [-0.39, 0.29) is 0 Å². The average Bonchev–Trinajstić information content (AvgIpc) is 2.36. The molecule has 0 aromatic carbocycles. The molecule has 2 rings (SSSR count). The smallest absolute Gasteiger partial charge is 0.0744 e. The molecule has 0 spiro atoms. The first-order valence-corrected chi connectivity index (χ1v) is 3.32. The van der Waals surface area contributed by atoms with Gasteiger partial charge in [0, 0.05) is 12.6 Å². The van der Waals surface area contributed by atoms with Crippen LogP contribution in [0.5, 0.6) is 0 Å². The van der Waals surface area contributed by atoms with Gasteiger partial charge in [-0.3, -0.25) is 0 Å². The zero-order chi connectivity index (χ0) is 5.40. The third-order valence-electron chi connectivity index (χ3n) is 1.79. The highest BCUT2D eigenvalue weighted by atomic mass is 16.5. The predicted molar refractivity (Wildman–Crippen MR) is 30.8 cm³/mol. The third-order valence-corrected chi connectivity index (χ3v) is 1.79. The van der Waals surface area contributed by atoms with Crippen LogP contribution in [0.4, 0.5) is 0 Å². The maximum Gasteiger partial charge on any atom is 0.0744 e. The molecule has 1 saturated heterocycles. The molecule has 2 atom stereocenters. The Morgan fingerprint density at radius 3 is 3.50 bits per heavy atom. The summed E-state index contributed by atoms with van der Waals surface area (Å²) < 4.78 is 5.41. The normalized spacial score (nSPS) is 45.0. The highest BCUT2D eigenvalue weighted by Crippen LogP contribution is 2.26. The monoisotopic (exact) mass is 113 g/mol. The second-order valence-corrected chi connectivity index (χ2v) is 2.56. The van der Waals surface area contributed by atoms with Gasteiger partial charge in [0.1, 0.15) is 0 Å². The van der Waals surface area contributed by atoms with E-state index in [1.807, 2.05) is 0 Å². The van der Waals surface area contributed by atoms with Crippen molar-refractivity contribution >= 4 is 0 Å². The van der Waals surface area contributed by atoms with Crippen molar-refractivity contribution in [3.63, 3.8) is 0 Å². The van der Waals surface area contributed by atoms with Crippen LogP contribution in [0, 0.1) is 0 Å². The van der Waals surface area contributed by atoms with Crippen LogP contribution in [-0.4, -0.2) is 25.3 Å². The molecule has 1 N–H and O–H groups in total. The Morgan fingerprint density at radius 2 is 2.50 bits per heavy atom. The maximum absolute atomic E-state index is 5.41. The molecule has 0 bridgehead atoms. The van der Waals surface area contributed by atoms with E-state index < -0.39 is 0 Å². The van der Waals surface area contributed by atoms with Gasteiger partial charge in [-0.15, -0.1) is 0 Å². The summed E-state index contributed by atoms with van der Waals surface area (Å²) in [6, 6.07) is 0.720. The van der Waals surface area contributed by atoms with Crippen molar-refractivity contribution in [2.24, 2.45) is 0 Å². The molecule has 2 heteroatoms. The lowest BCUT2D eigenvalue weighted by Gasteiger charge is -1.94. The number of fused-ring (bicyclic) bond motifs is 1. The largest absolute Gasteiger partial charge is 0.376 e. The first-order chi connectivity index (χ1) is 3.97. The molecule has 0 amide bonds. The molecule has 2 fully saturated rings. The lowest BCUT2D eigenvalue weighted by Crippen LogP contribution is -2.18. The molecule has 1 aliphatic carbocycles. The van der Waals surface area contributed by atoms with Crippen LogP contribution in [0.15, 0.2) is 0 Å². The molecule has 1 heterocycles. The van der Waals surface area contributed by atoms with Gasteiger partial charge < -0.3 is 10.1 Å². The highest BCUT2D eigenvalue weighted by molar-refractivity contribution is 4.95. The zero-order valence-corrected chi connectivity index (χ0v) is 4.89. The summed E-state index contributed by atoms with van der Waals surface area (Å²) in [7, 11) is 0. The third kappa shape index (κ3) is 0.740. The molecule has 8 heavy (non-hydrogen) atoms. The summed E-state index contributed by atoms with van der Waals surface area (Å²) in [5.74, 6) is 0. The van der Waals surface area contributed by atoms with Crippen molar-refractivity contribution < 1.29 is 4.74 Å². The van der Waals surface area contributed by atoms with Gasteiger partial charge in [-0.2, -0.15) is 0 Å². The van der Waals surface area contributed by atoms with Gasteiger partial charge in [-0.05, 0) is 19.4 Å². The molecule has 0 aromatic heterocycles. The topological polar surface area (TPSA) is 21.3 Å². The van der Waals surface area contributed by atoms with E-state index in [4.69, 9.17) is 4.74 Å². The summed E-state index contributed by atoms with van der Waals surface area (Å²) in [6.07, 6.45) is 3.02. The summed E-state index contributed by atoms with van der Waals surface area (Å²) in [5, 5.41) is 3.39. The van der Waals surface area contributed by atoms with Gasteiger partial charge in [-0.1, -0.05) is 0 Å². The molecule has 1 saturated carbocycles. The first kappa shape index (κ1) is 4.77. The highest BCUT2D eigenvalue weighted by Gasteiger charge is 2.38. The van der Waals surface area contributed by atoms with Gasteiger partial charge in [0.05, 0.1) is 6.10 Å². The number of hydrogen-bond acceptors (Lipinski definition) is 2. The van der Waals surface area contributed by atoms with Gasteiger partial charge in [0.15, 0.2) is 0 Å². The number of hydrogen-bond donors (Lipinski definition) is 1. The van der Waals surface area contributed by atoms with Gasteiger partial charge in [0.2, 0.25) is 0 Å². The molecule has 2 aliphatic rings. The predicted octanol–water partition coefficient (Wildman–Crippen LogP) is 0.137. The fourth-order valence-electron chi connectivity index (χ4n) is 1.17. The van der Waals surface area contributed by atoms with Crippen molar-refractivity contribution in [1.29, 1.82) is 0 Å². The lowest BCUT2D eigenvalue weighted by atomic mass is 10.4. The molecular formula is C6H11NO. The number of rotatable bonds is 0. The number of ether oxygens (including phenoxy) is 1. The van der Waals surface area contributed by atoms with Crippen LogP contribution in [0.1, 0.15) is 12.8 Å². The fourth-order valence-corrected chi connectivity index (χ4v) is 1.17. The van der Waals surface area contributed by atoms with E-state index in [2.05, 4.69) is 5.32 Å². The van der Waals surface area contributed by atoms with Crippen LogP contribution in [-0.2, 0) is 4.74 Å². The summed E-state index contributed by atoms with van der Waals surface area (Å²) in [4.78, 5) is 0. The minimum atomic E-state index is 0.581. The van der Waals surface area contributed by atoms with Crippen LogP contribution in [0.2, 0.25) is 0 Å². The molecule has 1 aliphatic heterocycles. The Kier molecular flexibility index (Phi) is 1.02.